The molecular formula is C22H24. The second kappa shape index (κ2) is 4.72. The third-order valence-electron chi connectivity index (χ3n) is 6.50. The molecule has 1 aromatic carbocycles. The van der Waals surface area contributed by atoms with Gasteiger partial charge in [0.1, 0.15) is 0 Å². The number of fused-ring (bicyclic) bond motifs is 6. The largest absolute Gasteiger partial charge is 0.0842 e. The van der Waals surface area contributed by atoms with Gasteiger partial charge in [-0.15, -0.1) is 0 Å². The van der Waals surface area contributed by atoms with Crippen molar-refractivity contribution in [3.05, 3.63) is 64.3 Å². The Morgan fingerprint density at radius 2 is 1.91 bits per heavy atom. The maximum absolute atomic E-state index is 2.48. The van der Waals surface area contributed by atoms with Gasteiger partial charge in [-0.2, -0.15) is 0 Å². The minimum absolute atomic E-state index is 0.797. The van der Waals surface area contributed by atoms with Crippen molar-refractivity contribution < 1.29 is 0 Å². The molecule has 5 rings (SSSR count). The van der Waals surface area contributed by atoms with Crippen molar-refractivity contribution in [2.75, 3.05) is 0 Å². The predicted molar refractivity (Wildman–Crippen MR) is 92.5 cm³/mol. The quantitative estimate of drug-likeness (QED) is 0.573. The molecule has 3 unspecified atom stereocenters. The van der Waals surface area contributed by atoms with Crippen molar-refractivity contribution in [2.24, 2.45) is 17.8 Å². The van der Waals surface area contributed by atoms with Crippen LogP contribution in [0.3, 0.4) is 0 Å². The van der Waals surface area contributed by atoms with Gasteiger partial charge in [0.2, 0.25) is 0 Å². The molecule has 22 heavy (non-hydrogen) atoms. The summed E-state index contributed by atoms with van der Waals surface area (Å²) >= 11 is 0. The summed E-state index contributed by atoms with van der Waals surface area (Å²) in [5.41, 5.74) is 9.97. The monoisotopic (exact) mass is 288 g/mol. The van der Waals surface area contributed by atoms with Crippen molar-refractivity contribution in [3.63, 3.8) is 0 Å². The summed E-state index contributed by atoms with van der Waals surface area (Å²) in [6.07, 6.45) is 13.0. The molecule has 0 aliphatic heterocycles. The van der Waals surface area contributed by atoms with E-state index >= 15 is 0 Å². The van der Waals surface area contributed by atoms with Crippen molar-refractivity contribution in [2.45, 2.75) is 45.4 Å². The van der Waals surface area contributed by atoms with E-state index in [2.05, 4.69) is 43.3 Å². The molecule has 0 aromatic heterocycles. The van der Waals surface area contributed by atoms with Crippen LogP contribution in [0.25, 0.3) is 5.57 Å². The Morgan fingerprint density at radius 3 is 2.86 bits per heavy atom. The van der Waals surface area contributed by atoms with E-state index in [4.69, 9.17) is 0 Å². The van der Waals surface area contributed by atoms with Crippen molar-refractivity contribution in [3.8, 4) is 0 Å². The van der Waals surface area contributed by atoms with Gasteiger partial charge in [0.15, 0.2) is 0 Å². The number of hydrogen-bond acceptors (Lipinski definition) is 0. The molecule has 4 aliphatic rings. The van der Waals surface area contributed by atoms with Crippen molar-refractivity contribution in [1.29, 1.82) is 0 Å². The average molecular weight is 288 g/mol. The molecule has 0 saturated heterocycles. The minimum atomic E-state index is 0.797. The first-order valence-electron chi connectivity index (χ1n) is 9.07. The minimum Gasteiger partial charge on any atom is -0.0842 e. The Labute approximate surface area is 133 Å². The summed E-state index contributed by atoms with van der Waals surface area (Å²) in [6.45, 7) is 2.48. The zero-order chi connectivity index (χ0) is 14.7. The van der Waals surface area contributed by atoms with Crippen LogP contribution in [0, 0.1) is 17.8 Å². The van der Waals surface area contributed by atoms with Crippen LogP contribution in [0.15, 0.2) is 53.1 Å². The number of allylic oxidation sites excluding steroid dienone is 6. The van der Waals surface area contributed by atoms with Crippen LogP contribution >= 0.6 is 0 Å². The Hall–Kier alpha value is -1.56. The van der Waals surface area contributed by atoms with Crippen LogP contribution in [0.2, 0.25) is 0 Å². The standard InChI is InChI=1S/C22H24/c1-14-7-6-12-18-17-10-4-5-11-19(17)22-16-9-3-2-8-15(16)13-20(22)21(14)18/h2-3,5,8-9,11,14,17-18H,4,6-7,10,12-13H2,1H3. The highest BCUT2D eigenvalue weighted by Crippen LogP contribution is 2.56. The Bertz CT molecular complexity index is 728. The lowest BCUT2D eigenvalue weighted by Crippen LogP contribution is -2.31. The molecule has 112 valence electrons. The van der Waals surface area contributed by atoms with E-state index in [1.165, 1.54) is 44.1 Å². The molecule has 0 heterocycles. The maximum atomic E-state index is 2.48. The van der Waals surface area contributed by atoms with Gasteiger partial charge in [-0.3, -0.25) is 0 Å². The van der Waals surface area contributed by atoms with Crippen LogP contribution in [-0.2, 0) is 6.42 Å². The Morgan fingerprint density at radius 1 is 1.00 bits per heavy atom. The van der Waals surface area contributed by atoms with Gasteiger partial charge < -0.3 is 0 Å². The van der Waals surface area contributed by atoms with E-state index in [1.807, 2.05) is 5.57 Å². The molecule has 3 atom stereocenters. The third kappa shape index (κ3) is 1.64. The second-order valence-corrected chi connectivity index (χ2v) is 7.62. The van der Waals surface area contributed by atoms with Crippen LogP contribution in [0.5, 0.6) is 0 Å². The van der Waals surface area contributed by atoms with Gasteiger partial charge in [-0.05, 0) is 77.7 Å². The lowest BCUT2D eigenvalue weighted by molar-refractivity contribution is 0.294. The number of rotatable bonds is 0. The Balaban J connectivity index is 1.81. The number of benzene rings is 1. The molecule has 1 fully saturated rings. The average Bonchev–Trinajstić information content (AvgIpc) is 2.94. The molecule has 0 amide bonds. The fourth-order valence-corrected chi connectivity index (χ4v) is 5.65. The van der Waals surface area contributed by atoms with Crippen LogP contribution in [0.4, 0.5) is 0 Å². The van der Waals surface area contributed by atoms with Gasteiger partial charge in [-0.25, -0.2) is 0 Å². The van der Waals surface area contributed by atoms with Crippen LogP contribution in [-0.4, -0.2) is 0 Å². The summed E-state index contributed by atoms with van der Waals surface area (Å²) in [6, 6.07) is 9.14. The summed E-state index contributed by atoms with van der Waals surface area (Å²) in [7, 11) is 0. The molecule has 0 spiro atoms. The van der Waals surface area contributed by atoms with Crippen LogP contribution < -0.4 is 0 Å². The van der Waals surface area contributed by atoms with Gasteiger partial charge in [0.25, 0.3) is 0 Å². The van der Waals surface area contributed by atoms with E-state index in [1.54, 1.807) is 22.3 Å². The molecule has 1 aromatic rings. The van der Waals surface area contributed by atoms with E-state index < -0.39 is 0 Å². The zero-order valence-electron chi connectivity index (χ0n) is 13.4. The Kier molecular flexibility index (Phi) is 2.77. The summed E-state index contributed by atoms with van der Waals surface area (Å²) in [5.74, 6) is 2.44. The summed E-state index contributed by atoms with van der Waals surface area (Å²) in [5, 5.41) is 0. The topological polar surface area (TPSA) is 0 Å². The molecule has 0 heteroatoms. The SMILES string of the molecule is CC1CCCC2C1=C1Cc3ccccc3C1=C1C=CCCC12. The molecule has 0 radical (unpaired) electrons. The van der Waals surface area contributed by atoms with Gasteiger partial charge in [0, 0.05) is 0 Å². The predicted octanol–water partition coefficient (Wildman–Crippen LogP) is 5.71. The first-order chi connectivity index (χ1) is 10.8. The molecule has 0 nitrogen and oxygen atoms in total. The lowest BCUT2D eigenvalue weighted by Gasteiger charge is -2.43. The highest BCUT2D eigenvalue weighted by atomic mass is 14.5. The molecule has 0 bridgehead atoms. The first-order valence-corrected chi connectivity index (χ1v) is 9.07. The van der Waals surface area contributed by atoms with Gasteiger partial charge in [0.05, 0.1) is 0 Å². The van der Waals surface area contributed by atoms with E-state index in [9.17, 15) is 0 Å². The smallest absolute Gasteiger partial charge is 0.00136 e. The van der Waals surface area contributed by atoms with Gasteiger partial charge >= 0.3 is 0 Å². The van der Waals surface area contributed by atoms with Crippen LogP contribution in [0.1, 0.15) is 50.2 Å². The van der Waals surface area contributed by atoms with E-state index in [0.29, 0.717) is 0 Å². The zero-order valence-corrected chi connectivity index (χ0v) is 13.4. The lowest BCUT2D eigenvalue weighted by atomic mass is 9.61. The fraction of sp³-hybridized carbons (Fsp3) is 0.455. The van der Waals surface area contributed by atoms with Crippen molar-refractivity contribution >= 4 is 5.57 Å². The van der Waals surface area contributed by atoms with Gasteiger partial charge in [-0.1, -0.05) is 55.3 Å². The second-order valence-electron chi connectivity index (χ2n) is 7.62. The highest BCUT2D eigenvalue weighted by Gasteiger charge is 2.42. The van der Waals surface area contributed by atoms with E-state index in [-0.39, 0.29) is 0 Å². The van der Waals surface area contributed by atoms with Crippen molar-refractivity contribution in [1.82, 2.24) is 0 Å². The first kappa shape index (κ1) is 12.9. The molecular weight excluding hydrogens is 264 g/mol. The number of hydrogen-bond donors (Lipinski definition) is 0. The molecule has 0 N–H and O–H groups in total. The summed E-state index contributed by atoms with van der Waals surface area (Å²) in [4.78, 5) is 0. The fourth-order valence-electron chi connectivity index (χ4n) is 5.65. The van der Waals surface area contributed by atoms with E-state index in [0.717, 1.165) is 17.8 Å². The summed E-state index contributed by atoms with van der Waals surface area (Å²) < 4.78 is 0. The third-order valence-corrected chi connectivity index (χ3v) is 6.50. The maximum Gasteiger partial charge on any atom is -0.00136 e. The highest BCUT2D eigenvalue weighted by molar-refractivity contribution is 5.91. The normalized spacial score (nSPS) is 32.5. The molecule has 1 saturated carbocycles. The molecule has 4 aliphatic carbocycles.